The average Bonchev–Trinajstić information content (AvgIpc) is 2.75. The maximum absolute atomic E-state index is 10.9. The fraction of sp³-hybridized carbons (Fsp3) is 0.231. The van der Waals surface area contributed by atoms with Gasteiger partial charge < -0.3 is 5.11 Å². The summed E-state index contributed by atoms with van der Waals surface area (Å²) in [6.45, 7) is 1.96. The zero-order valence-electron chi connectivity index (χ0n) is 9.28. The third-order valence-electron chi connectivity index (χ3n) is 2.81. The molecule has 0 bridgehead atoms. The van der Waals surface area contributed by atoms with Crippen molar-refractivity contribution in [1.29, 1.82) is 0 Å². The molecule has 1 aromatic heterocycles. The number of rotatable bonds is 3. The SMILES string of the molecule is CCC(O)(c1cccc(Br)c1)c1sccc1Cl. The molecule has 0 aliphatic carbocycles. The van der Waals surface area contributed by atoms with Crippen LogP contribution in [0.1, 0.15) is 23.8 Å². The lowest BCUT2D eigenvalue weighted by atomic mass is 9.89. The quantitative estimate of drug-likeness (QED) is 0.855. The first-order chi connectivity index (χ1) is 8.08. The third-order valence-corrected chi connectivity index (χ3v) is 4.79. The van der Waals surface area contributed by atoms with Gasteiger partial charge in [-0.15, -0.1) is 11.3 Å². The van der Waals surface area contributed by atoms with Crippen LogP contribution in [0.2, 0.25) is 5.02 Å². The van der Waals surface area contributed by atoms with Gasteiger partial charge in [-0.25, -0.2) is 0 Å². The first-order valence-corrected chi connectivity index (χ1v) is 7.35. The molecule has 0 fully saturated rings. The maximum Gasteiger partial charge on any atom is 0.125 e. The van der Waals surface area contributed by atoms with Gasteiger partial charge in [0.15, 0.2) is 0 Å². The van der Waals surface area contributed by atoms with Gasteiger partial charge in [0.2, 0.25) is 0 Å². The molecule has 1 aromatic carbocycles. The second-order valence-electron chi connectivity index (χ2n) is 3.82. The van der Waals surface area contributed by atoms with Crippen LogP contribution in [0, 0.1) is 0 Å². The van der Waals surface area contributed by atoms with Crippen molar-refractivity contribution in [3.05, 3.63) is 55.6 Å². The monoisotopic (exact) mass is 330 g/mol. The van der Waals surface area contributed by atoms with E-state index in [1.165, 1.54) is 11.3 Å². The third kappa shape index (κ3) is 2.43. The number of hydrogen-bond donors (Lipinski definition) is 1. The van der Waals surface area contributed by atoms with Crippen molar-refractivity contribution in [3.8, 4) is 0 Å². The Morgan fingerprint density at radius 3 is 2.71 bits per heavy atom. The van der Waals surface area contributed by atoms with E-state index in [0.29, 0.717) is 11.4 Å². The van der Waals surface area contributed by atoms with Gasteiger partial charge in [0.25, 0.3) is 0 Å². The second-order valence-corrected chi connectivity index (χ2v) is 6.06. The lowest BCUT2D eigenvalue weighted by molar-refractivity contribution is 0.0804. The number of benzene rings is 1. The van der Waals surface area contributed by atoms with Crippen LogP contribution in [0.25, 0.3) is 0 Å². The van der Waals surface area contributed by atoms with Crippen LogP contribution < -0.4 is 0 Å². The zero-order valence-corrected chi connectivity index (χ0v) is 12.4. The van der Waals surface area contributed by atoms with Gasteiger partial charge in [-0.1, -0.05) is 46.6 Å². The minimum Gasteiger partial charge on any atom is -0.380 e. The summed E-state index contributed by atoms with van der Waals surface area (Å²) in [4.78, 5) is 0.805. The van der Waals surface area contributed by atoms with Crippen LogP contribution in [0.3, 0.4) is 0 Å². The van der Waals surface area contributed by atoms with E-state index in [2.05, 4.69) is 15.9 Å². The molecule has 0 aliphatic heterocycles. The highest BCUT2D eigenvalue weighted by Gasteiger charge is 2.32. The van der Waals surface area contributed by atoms with E-state index in [-0.39, 0.29) is 0 Å². The summed E-state index contributed by atoms with van der Waals surface area (Å²) in [6.07, 6.45) is 0.587. The standard InChI is InChI=1S/C13H12BrClOS/c1-2-13(16,12-11(15)6-7-17-12)9-4-3-5-10(14)8-9/h3-8,16H,2H2,1H3. The van der Waals surface area contributed by atoms with Crippen molar-refractivity contribution in [2.45, 2.75) is 18.9 Å². The zero-order chi connectivity index (χ0) is 12.5. The molecule has 0 spiro atoms. The fourth-order valence-electron chi connectivity index (χ4n) is 1.83. The van der Waals surface area contributed by atoms with E-state index in [9.17, 15) is 5.11 Å². The molecule has 17 heavy (non-hydrogen) atoms. The summed E-state index contributed by atoms with van der Waals surface area (Å²) in [5, 5.41) is 13.4. The molecule has 1 N–H and O–H groups in total. The molecule has 2 rings (SSSR count). The van der Waals surface area contributed by atoms with Gasteiger partial charge in [-0.2, -0.15) is 0 Å². The molecule has 2 aromatic rings. The smallest absolute Gasteiger partial charge is 0.125 e. The molecule has 0 radical (unpaired) electrons. The van der Waals surface area contributed by atoms with Crippen LogP contribution in [0.5, 0.6) is 0 Å². The first kappa shape index (κ1) is 13.1. The summed E-state index contributed by atoms with van der Waals surface area (Å²) >= 11 is 11.0. The van der Waals surface area contributed by atoms with Gasteiger partial charge in [0.05, 0.1) is 9.90 Å². The minimum absolute atomic E-state index is 0.587. The van der Waals surface area contributed by atoms with Gasteiger partial charge in [0, 0.05) is 4.47 Å². The van der Waals surface area contributed by atoms with Crippen molar-refractivity contribution in [3.63, 3.8) is 0 Å². The first-order valence-electron chi connectivity index (χ1n) is 5.30. The van der Waals surface area contributed by atoms with Crippen molar-refractivity contribution in [1.82, 2.24) is 0 Å². The predicted molar refractivity (Wildman–Crippen MR) is 76.8 cm³/mol. The Hall–Kier alpha value is -0.350. The van der Waals surface area contributed by atoms with Crippen molar-refractivity contribution >= 4 is 38.9 Å². The topological polar surface area (TPSA) is 20.2 Å². The summed E-state index contributed by atoms with van der Waals surface area (Å²) in [6, 6.07) is 9.53. The largest absolute Gasteiger partial charge is 0.380 e. The summed E-state index contributed by atoms with van der Waals surface area (Å²) in [5.74, 6) is 0. The number of thiophene rings is 1. The normalized spacial score (nSPS) is 14.6. The van der Waals surface area contributed by atoms with Gasteiger partial charge in [-0.3, -0.25) is 0 Å². The highest BCUT2D eigenvalue weighted by atomic mass is 79.9. The predicted octanol–water partition coefficient (Wildman–Crippen LogP) is 4.81. The number of aliphatic hydroxyl groups is 1. The van der Waals surface area contributed by atoms with E-state index < -0.39 is 5.60 Å². The lowest BCUT2D eigenvalue weighted by Gasteiger charge is -2.27. The summed E-state index contributed by atoms with van der Waals surface area (Å²) < 4.78 is 0.953. The maximum atomic E-state index is 10.9. The molecule has 0 aliphatic rings. The molecule has 0 saturated carbocycles. The van der Waals surface area contributed by atoms with Crippen LogP contribution >= 0.6 is 38.9 Å². The highest BCUT2D eigenvalue weighted by Crippen LogP contribution is 2.40. The van der Waals surface area contributed by atoms with Gasteiger partial charge >= 0.3 is 0 Å². The molecule has 0 saturated heterocycles. The van der Waals surface area contributed by atoms with E-state index >= 15 is 0 Å². The summed E-state index contributed by atoms with van der Waals surface area (Å²) in [5.41, 5.74) is -0.145. The van der Waals surface area contributed by atoms with Crippen LogP contribution in [0.4, 0.5) is 0 Å². The Labute approximate surface area is 118 Å². The minimum atomic E-state index is -1.00. The lowest BCUT2D eigenvalue weighted by Crippen LogP contribution is -2.25. The van der Waals surface area contributed by atoms with E-state index in [0.717, 1.165) is 14.9 Å². The molecular formula is C13H12BrClOS. The van der Waals surface area contributed by atoms with Crippen LogP contribution in [0.15, 0.2) is 40.2 Å². The molecular weight excluding hydrogens is 320 g/mol. The average molecular weight is 332 g/mol. The van der Waals surface area contributed by atoms with Crippen LogP contribution in [-0.4, -0.2) is 5.11 Å². The molecule has 0 amide bonds. The van der Waals surface area contributed by atoms with E-state index in [1.54, 1.807) is 0 Å². The Bertz CT molecular complexity index is 526. The van der Waals surface area contributed by atoms with Crippen LogP contribution in [-0.2, 0) is 5.60 Å². The van der Waals surface area contributed by atoms with Gasteiger partial charge in [-0.05, 0) is 35.6 Å². The van der Waals surface area contributed by atoms with Crippen molar-refractivity contribution in [2.75, 3.05) is 0 Å². The Balaban J connectivity index is 2.55. The Kier molecular flexibility index (Phi) is 3.93. The molecule has 4 heteroatoms. The number of halogens is 2. The van der Waals surface area contributed by atoms with E-state index in [4.69, 9.17) is 11.6 Å². The molecule has 90 valence electrons. The molecule has 1 unspecified atom stereocenters. The number of hydrogen-bond acceptors (Lipinski definition) is 2. The Morgan fingerprint density at radius 1 is 1.41 bits per heavy atom. The fourth-order valence-corrected chi connectivity index (χ4v) is 3.64. The van der Waals surface area contributed by atoms with Gasteiger partial charge in [0.1, 0.15) is 5.60 Å². The highest BCUT2D eigenvalue weighted by molar-refractivity contribution is 9.10. The van der Waals surface area contributed by atoms with Crippen molar-refractivity contribution in [2.24, 2.45) is 0 Å². The molecule has 1 atom stereocenters. The Morgan fingerprint density at radius 2 is 2.18 bits per heavy atom. The molecule has 1 heterocycles. The summed E-state index contributed by atoms with van der Waals surface area (Å²) in [7, 11) is 0. The second kappa shape index (κ2) is 5.11. The molecule has 1 nitrogen and oxygen atoms in total. The van der Waals surface area contributed by atoms with Crippen molar-refractivity contribution < 1.29 is 5.11 Å². The van der Waals surface area contributed by atoms with E-state index in [1.807, 2.05) is 42.6 Å².